The lowest BCUT2D eigenvalue weighted by atomic mass is 10.0. The summed E-state index contributed by atoms with van der Waals surface area (Å²) in [5, 5.41) is 11.7. The Morgan fingerprint density at radius 3 is 2.55 bits per heavy atom. The molecule has 0 amide bonds. The van der Waals surface area contributed by atoms with Gasteiger partial charge < -0.3 is 19.1 Å². The van der Waals surface area contributed by atoms with Crippen molar-refractivity contribution in [3.8, 4) is 11.4 Å². The Morgan fingerprint density at radius 2 is 1.90 bits per heavy atom. The Balaban J connectivity index is 0.00000272. The molecule has 0 atom stereocenters. The maximum atomic E-state index is 13.0. The van der Waals surface area contributed by atoms with E-state index < -0.39 is 0 Å². The summed E-state index contributed by atoms with van der Waals surface area (Å²) < 4.78 is 13.5. The maximum Gasteiger partial charge on any atom is 0.340 e. The fourth-order valence-electron chi connectivity index (χ4n) is 4.11. The number of hydrogen-bond acceptors (Lipinski definition) is 5. The highest BCUT2D eigenvalue weighted by Crippen LogP contribution is 2.41. The fourth-order valence-corrected chi connectivity index (χ4v) is 4.56. The topological polar surface area (TPSA) is 63.9 Å². The number of nitrogens with zero attached hydrogens (tertiary/aromatic N) is 2. The van der Waals surface area contributed by atoms with Crippen molar-refractivity contribution in [3.63, 3.8) is 0 Å². The number of para-hydroxylation sites is 1. The Labute approximate surface area is 196 Å². The molecule has 2 aromatic carbocycles. The van der Waals surface area contributed by atoms with Gasteiger partial charge in [-0.1, -0.05) is 18.2 Å². The monoisotopic (exact) mass is 508 g/mol. The molecule has 0 aliphatic carbocycles. The van der Waals surface area contributed by atoms with Gasteiger partial charge in [0.2, 0.25) is 0 Å². The van der Waals surface area contributed by atoms with E-state index in [9.17, 15) is 9.90 Å². The zero-order valence-electron chi connectivity index (χ0n) is 17.6. The number of phenols is 1. The first kappa shape index (κ1) is 23.6. The van der Waals surface area contributed by atoms with Crippen LogP contribution in [0.3, 0.4) is 0 Å². The highest BCUT2D eigenvalue weighted by Gasteiger charge is 2.28. The van der Waals surface area contributed by atoms with E-state index >= 15 is 0 Å². The van der Waals surface area contributed by atoms with E-state index in [0.717, 1.165) is 40.9 Å². The minimum atomic E-state index is -0.375. The van der Waals surface area contributed by atoms with Crippen LogP contribution < -0.4 is 0 Å². The summed E-state index contributed by atoms with van der Waals surface area (Å²) in [5.41, 5.74) is 3.82. The molecular formula is C23H26BrClN2O4. The molecule has 8 heteroatoms. The van der Waals surface area contributed by atoms with Gasteiger partial charge in [-0.3, -0.25) is 4.90 Å². The summed E-state index contributed by atoms with van der Waals surface area (Å²) in [6.07, 6.45) is 0. The average molecular weight is 510 g/mol. The molecule has 0 saturated carbocycles. The second-order valence-electron chi connectivity index (χ2n) is 7.32. The molecule has 166 valence electrons. The van der Waals surface area contributed by atoms with E-state index in [1.54, 1.807) is 6.92 Å². The Kier molecular flexibility index (Phi) is 7.64. The molecule has 0 spiro atoms. The largest absolute Gasteiger partial charge is 0.506 e. The highest BCUT2D eigenvalue weighted by molar-refractivity contribution is 9.10. The van der Waals surface area contributed by atoms with Crippen molar-refractivity contribution in [3.05, 3.63) is 57.7 Å². The van der Waals surface area contributed by atoms with Crippen molar-refractivity contribution in [2.75, 3.05) is 32.9 Å². The summed E-state index contributed by atoms with van der Waals surface area (Å²) in [6, 6.07) is 11.8. The number of carbonyl (C=O) groups excluding carboxylic acids is 1. The predicted molar refractivity (Wildman–Crippen MR) is 127 cm³/mol. The number of aromatic nitrogens is 1. The number of carbonyl (C=O) groups is 1. The van der Waals surface area contributed by atoms with Gasteiger partial charge in [-0.15, -0.1) is 12.4 Å². The van der Waals surface area contributed by atoms with Gasteiger partial charge in [0, 0.05) is 42.0 Å². The number of phenolic OH excluding ortho intramolecular Hbond substituents is 1. The molecule has 1 N–H and O–H groups in total. The highest BCUT2D eigenvalue weighted by atomic mass is 79.9. The van der Waals surface area contributed by atoms with Crippen molar-refractivity contribution in [2.45, 2.75) is 20.4 Å². The SMILES string of the molecule is CCOC(=O)c1c(C)n(-c2ccccc2)c2cc(Br)c(O)c(CN3CCOCC3)c12.Cl. The molecule has 1 aromatic heterocycles. The molecule has 1 aliphatic rings. The second kappa shape index (κ2) is 10.0. The first-order chi connectivity index (χ1) is 14.5. The lowest BCUT2D eigenvalue weighted by Crippen LogP contribution is -2.35. The van der Waals surface area contributed by atoms with Gasteiger partial charge in [0.05, 0.1) is 35.4 Å². The van der Waals surface area contributed by atoms with E-state index in [4.69, 9.17) is 9.47 Å². The molecule has 31 heavy (non-hydrogen) atoms. The summed E-state index contributed by atoms with van der Waals surface area (Å²) in [6.45, 7) is 7.41. The molecule has 1 saturated heterocycles. The first-order valence-corrected chi connectivity index (χ1v) is 10.9. The quantitative estimate of drug-likeness (QED) is 0.499. The Bertz CT molecular complexity index is 1080. The van der Waals surface area contributed by atoms with Gasteiger partial charge >= 0.3 is 5.97 Å². The molecule has 4 rings (SSSR count). The number of ether oxygens (including phenoxy) is 2. The van der Waals surface area contributed by atoms with Crippen molar-refractivity contribution in [2.24, 2.45) is 0 Å². The number of fused-ring (bicyclic) bond motifs is 1. The van der Waals surface area contributed by atoms with Gasteiger partial charge in [-0.25, -0.2) is 4.79 Å². The fraction of sp³-hybridized carbons (Fsp3) is 0.348. The van der Waals surface area contributed by atoms with Crippen LogP contribution in [0.25, 0.3) is 16.6 Å². The van der Waals surface area contributed by atoms with Gasteiger partial charge in [0.1, 0.15) is 5.75 Å². The summed E-state index contributed by atoms with van der Waals surface area (Å²) in [5.74, 6) is -0.218. The van der Waals surface area contributed by atoms with Crippen LogP contribution in [0, 0.1) is 6.92 Å². The molecule has 1 fully saturated rings. The Morgan fingerprint density at radius 1 is 1.23 bits per heavy atom. The van der Waals surface area contributed by atoms with Crippen molar-refractivity contribution in [1.29, 1.82) is 0 Å². The average Bonchev–Trinajstić information content (AvgIpc) is 3.04. The third-order valence-corrected chi connectivity index (χ3v) is 6.11. The van der Waals surface area contributed by atoms with Crippen LogP contribution in [0.4, 0.5) is 0 Å². The minimum absolute atomic E-state index is 0. The third kappa shape index (κ3) is 4.46. The van der Waals surface area contributed by atoms with Gasteiger partial charge in [-0.05, 0) is 48.0 Å². The number of rotatable bonds is 5. The lowest BCUT2D eigenvalue weighted by Gasteiger charge is -2.27. The second-order valence-corrected chi connectivity index (χ2v) is 8.17. The molecule has 0 unspecified atom stereocenters. The van der Waals surface area contributed by atoms with E-state index in [1.165, 1.54) is 0 Å². The van der Waals surface area contributed by atoms with E-state index in [-0.39, 0.29) is 30.7 Å². The van der Waals surface area contributed by atoms with Crippen molar-refractivity contribution < 1.29 is 19.4 Å². The standard InChI is InChI=1S/C23H25BrN2O4.ClH/c1-3-30-23(28)20-15(2)26(16-7-5-4-6-8-16)19-13-18(24)22(27)17(21(19)20)14-25-9-11-29-12-10-25;/h4-8,13,27H,3,9-12,14H2,1-2H3;1H. The van der Waals surface area contributed by atoms with Crippen LogP contribution in [0.1, 0.15) is 28.5 Å². The molecule has 0 bridgehead atoms. The molecule has 2 heterocycles. The van der Waals surface area contributed by atoms with Gasteiger partial charge in [0.25, 0.3) is 0 Å². The Hall–Kier alpha value is -2.06. The van der Waals surface area contributed by atoms with Crippen molar-refractivity contribution in [1.82, 2.24) is 9.47 Å². The molecule has 3 aromatic rings. The van der Waals surface area contributed by atoms with E-state index in [0.29, 0.717) is 29.8 Å². The molecule has 1 aliphatic heterocycles. The lowest BCUT2D eigenvalue weighted by molar-refractivity contribution is 0.0340. The number of halogens is 2. The van der Waals surface area contributed by atoms with Crippen LogP contribution >= 0.6 is 28.3 Å². The summed E-state index contributed by atoms with van der Waals surface area (Å²) in [4.78, 5) is 15.2. The van der Waals surface area contributed by atoms with Gasteiger partial charge in [0.15, 0.2) is 0 Å². The predicted octanol–water partition coefficient (Wildman–Crippen LogP) is 4.84. The number of esters is 1. The molecule has 6 nitrogen and oxygen atoms in total. The minimum Gasteiger partial charge on any atom is -0.506 e. The normalized spacial score (nSPS) is 14.4. The van der Waals surface area contributed by atoms with Crippen LogP contribution in [0.15, 0.2) is 40.9 Å². The zero-order valence-corrected chi connectivity index (χ0v) is 20.0. The van der Waals surface area contributed by atoms with Gasteiger partial charge in [-0.2, -0.15) is 0 Å². The summed E-state index contributed by atoms with van der Waals surface area (Å²) >= 11 is 3.52. The van der Waals surface area contributed by atoms with Crippen LogP contribution in [0.2, 0.25) is 0 Å². The summed E-state index contributed by atoms with van der Waals surface area (Å²) in [7, 11) is 0. The van der Waals surface area contributed by atoms with Crippen LogP contribution in [-0.2, 0) is 16.0 Å². The smallest absolute Gasteiger partial charge is 0.340 e. The van der Waals surface area contributed by atoms with E-state index in [1.807, 2.05) is 43.3 Å². The number of morpholine rings is 1. The third-order valence-electron chi connectivity index (χ3n) is 5.50. The maximum absolute atomic E-state index is 13.0. The number of aromatic hydroxyl groups is 1. The number of hydrogen-bond donors (Lipinski definition) is 1. The van der Waals surface area contributed by atoms with E-state index in [2.05, 4.69) is 25.4 Å². The van der Waals surface area contributed by atoms with Crippen LogP contribution in [-0.4, -0.2) is 53.5 Å². The zero-order chi connectivity index (χ0) is 21.3. The van der Waals surface area contributed by atoms with Crippen molar-refractivity contribution >= 4 is 45.2 Å². The molecule has 0 radical (unpaired) electrons. The first-order valence-electron chi connectivity index (χ1n) is 10.1. The molecular weight excluding hydrogens is 484 g/mol. The number of benzene rings is 2. The van der Waals surface area contributed by atoms with Crippen LogP contribution in [0.5, 0.6) is 5.75 Å².